The van der Waals surface area contributed by atoms with E-state index in [4.69, 9.17) is 9.93 Å². The van der Waals surface area contributed by atoms with Crippen molar-refractivity contribution in [2.45, 2.75) is 0 Å². The molecule has 0 aliphatic heterocycles. The number of aromatic nitrogens is 1. The largest absolute Gasteiger partial charge is 0.355 e. The SMILES string of the molecule is N=CC=C([NH2+]c1ccccc1)c1ccc2noc(-c3ccccc3)c2c1. The number of para-hydroxylation sites is 1. The summed E-state index contributed by atoms with van der Waals surface area (Å²) in [7, 11) is 0. The number of quaternary nitrogens is 1. The van der Waals surface area contributed by atoms with Gasteiger partial charge in [-0.15, -0.1) is 0 Å². The van der Waals surface area contributed by atoms with Crippen LogP contribution in [0.25, 0.3) is 27.9 Å². The fraction of sp³-hybridized carbons (Fsp3) is 0. The van der Waals surface area contributed by atoms with E-state index in [-0.39, 0.29) is 0 Å². The zero-order valence-corrected chi connectivity index (χ0v) is 14.1. The van der Waals surface area contributed by atoms with E-state index < -0.39 is 0 Å². The lowest BCUT2D eigenvalue weighted by Gasteiger charge is -2.05. The molecule has 0 bridgehead atoms. The number of rotatable bonds is 5. The molecule has 0 amide bonds. The monoisotopic (exact) mass is 340 g/mol. The van der Waals surface area contributed by atoms with Gasteiger partial charge in [-0.2, -0.15) is 0 Å². The van der Waals surface area contributed by atoms with Crippen molar-refractivity contribution >= 4 is 28.5 Å². The van der Waals surface area contributed by atoms with E-state index in [1.165, 1.54) is 6.21 Å². The summed E-state index contributed by atoms with van der Waals surface area (Å²) in [5.41, 5.74) is 4.89. The number of nitrogens with two attached hydrogens (primary N) is 1. The highest BCUT2D eigenvalue weighted by atomic mass is 16.5. The summed E-state index contributed by atoms with van der Waals surface area (Å²) in [5.74, 6) is 0.761. The summed E-state index contributed by atoms with van der Waals surface area (Å²) in [6.07, 6.45) is 3.11. The third-order valence-electron chi connectivity index (χ3n) is 4.23. The van der Waals surface area contributed by atoms with E-state index in [9.17, 15) is 0 Å². The first-order valence-electron chi connectivity index (χ1n) is 8.41. The Kier molecular flexibility index (Phi) is 4.41. The summed E-state index contributed by atoms with van der Waals surface area (Å²) < 4.78 is 5.59. The molecule has 4 aromatic rings. The van der Waals surface area contributed by atoms with Gasteiger partial charge in [-0.25, -0.2) is 0 Å². The molecule has 0 unspecified atom stereocenters. The summed E-state index contributed by atoms with van der Waals surface area (Å²) in [5, 5.41) is 14.7. The van der Waals surface area contributed by atoms with Gasteiger partial charge in [-0.1, -0.05) is 53.7 Å². The van der Waals surface area contributed by atoms with Gasteiger partial charge in [0.1, 0.15) is 16.9 Å². The number of allylic oxidation sites excluding steroid dienone is 1. The third-order valence-corrected chi connectivity index (χ3v) is 4.23. The van der Waals surface area contributed by atoms with Crippen LogP contribution >= 0.6 is 0 Å². The summed E-state index contributed by atoms with van der Waals surface area (Å²) in [6.45, 7) is 0. The van der Waals surface area contributed by atoms with Gasteiger partial charge >= 0.3 is 0 Å². The minimum absolute atomic E-state index is 0.761. The molecule has 0 saturated heterocycles. The molecule has 26 heavy (non-hydrogen) atoms. The van der Waals surface area contributed by atoms with Crippen molar-refractivity contribution in [3.8, 4) is 11.3 Å². The molecule has 1 heterocycles. The Labute approximate surface area is 151 Å². The van der Waals surface area contributed by atoms with E-state index in [1.54, 1.807) is 6.08 Å². The molecule has 0 saturated carbocycles. The number of nitrogens with zero attached hydrogens (tertiary/aromatic N) is 1. The fourth-order valence-electron chi connectivity index (χ4n) is 2.97. The predicted octanol–water partition coefficient (Wildman–Crippen LogP) is 4.38. The standard InChI is InChI=1S/C22H17N3O/c23-14-13-20(24-18-9-5-2-6-10-18)17-11-12-21-19(15-17)22(26-25-21)16-7-3-1-4-8-16/h1-15,23-24H/p+1. The quantitative estimate of drug-likeness (QED) is 0.418. The highest BCUT2D eigenvalue weighted by Crippen LogP contribution is 2.30. The van der Waals surface area contributed by atoms with Crippen molar-refractivity contribution in [3.05, 3.63) is 90.5 Å². The second kappa shape index (κ2) is 7.17. The van der Waals surface area contributed by atoms with Gasteiger partial charge in [-0.3, -0.25) is 5.32 Å². The smallest absolute Gasteiger partial charge is 0.174 e. The van der Waals surface area contributed by atoms with Crippen molar-refractivity contribution in [1.29, 1.82) is 5.41 Å². The molecule has 0 fully saturated rings. The van der Waals surface area contributed by atoms with Crippen LogP contribution in [0.5, 0.6) is 0 Å². The molecule has 4 nitrogen and oxygen atoms in total. The second-order valence-corrected chi connectivity index (χ2v) is 5.95. The van der Waals surface area contributed by atoms with E-state index in [2.05, 4.69) is 16.5 Å². The third kappa shape index (κ3) is 3.18. The highest BCUT2D eigenvalue weighted by molar-refractivity contribution is 5.94. The van der Waals surface area contributed by atoms with Crippen molar-refractivity contribution in [2.24, 2.45) is 0 Å². The number of hydrogen-bond donors (Lipinski definition) is 2. The molecule has 3 N–H and O–H groups in total. The van der Waals surface area contributed by atoms with Crippen LogP contribution in [-0.2, 0) is 0 Å². The molecule has 3 aromatic carbocycles. The highest BCUT2D eigenvalue weighted by Gasteiger charge is 2.14. The zero-order valence-electron chi connectivity index (χ0n) is 14.1. The second-order valence-electron chi connectivity index (χ2n) is 5.95. The van der Waals surface area contributed by atoms with Crippen LogP contribution in [0, 0.1) is 5.41 Å². The Bertz CT molecular complexity index is 1070. The number of benzene rings is 3. The van der Waals surface area contributed by atoms with Gasteiger partial charge in [0.15, 0.2) is 5.76 Å². The van der Waals surface area contributed by atoms with E-state index in [1.807, 2.05) is 72.8 Å². The van der Waals surface area contributed by atoms with Crippen LogP contribution in [0.1, 0.15) is 5.56 Å². The number of fused-ring (bicyclic) bond motifs is 1. The van der Waals surface area contributed by atoms with E-state index in [0.29, 0.717) is 0 Å². The lowest BCUT2D eigenvalue weighted by molar-refractivity contribution is -0.469. The summed E-state index contributed by atoms with van der Waals surface area (Å²) in [6, 6.07) is 26.1. The molecular formula is C22H18N3O+. The van der Waals surface area contributed by atoms with Crippen LogP contribution in [-0.4, -0.2) is 11.4 Å². The molecule has 0 spiro atoms. The molecule has 4 heteroatoms. The van der Waals surface area contributed by atoms with Gasteiger partial charge in [0.25, 0.3) is 0 Å². The van der Waals surface area contributed by atoms with Crippen LogP contribution in [0.4, 0.5) is 5.69 Å². The first-order valence-corrected chi connectivity index (χ1v) is 8.41. The normalized spacial score (nSPS) is 11.6. The molecule has 126 valence electrons. The van der Waals surface area contributed by atoms with Gasteiger partial charge < -0.3 is 9.93 Å². The summed E-state index contributed by atoms with van der Waals surface area (Å²) in [4.78, 5) is 0. The first kappa shape index (κ1) is 16.0. The Morgan fingerprint density at radius 1 is 0.923 bits per heavy atom. The average Bonchev–Trinajstić information content (AvgIpc) is 3.12. The molecule has 0 aliphatic carbocycles. The molecule has 4 rings (SSSR count). The van der Waals surface area contributed by atoms with Crippen LogP contribution in [0.3, 0.4) is 0 Å². The maximum absolute atomic E-state index is 7.51. The maximum Gasteiger partial charge on any atom is 0.174 e. The lowest BCUT2D eigenvalue weighted by Crippen LogP contribution is -2.74. The molecule has 0 aliphatic rings. The predicted molar refractivity (Wildman–Crippen MR) is 104 cm³/mol. The van der Waals surface area contributed by atoms with Gasteiger partial charge in [-0.05, 0) is 30.3 Å². The fourth-order valence-corrected chi connectivity index (χ4v) is 2.97. The molecule has 1 aromatic heterocycles. The van der Waals surface area contributed by atoms with Crippen molar-refractivity contribution in [3.63, 3.8) is 0 Å². The Hall–Kier alpha value is -3.50. The average molecular weight is 340 g/mol. The Morgan fingerprint density at radius 3 is 2.38 bits per heavy atom. The summed E-state index contributed by atoms with van der Waals surface area (Å²) >= 11 is 0. The molecule has 0 atom stereocenters. The van der Waals surface area contributed by atoms with Crippen molar-refractivity contribution in [2.75, 3.05) is 0 Å². The van der Waals surface area contributed by atoms with Gasteiger partial charge in [0, 0.05) is 23.4 Å². The van der Waals surface area contributed by atoms with Crippen molar-refractivity contribution in [1.82, 2.24) is 5.16 Å². The van der Waals surface area contributed by atoms with Crippen molar-refractivity contribution < 1.29 is 9.84 Å². The van der Waals surface area contributed by atoms with Gasteiger partial charge in [0.05, 0.1) is 5.39 Å². The Morgan fingerprint density at radius 2 is 1.65 bits per heavy atom. The van der Waals surface area contributed by atoms with E-state index in [0.717, 1.165) is 39.2 Å². The lowest BCUT2D eigenvalue weighted by atomic mass is 10.0. The topological polar surface area (TPSA) is 66.5 Å². The maximum atomic E-state index is 7.51. The zero-order chi connectivity index (χ0) is 17.8. The van der Waals surface area contributed by atoms with Crippen LogP contribution in [0.2, 0.25) is 0 Å². The first-order chi connectivity index (χ1) is 12.8. The van der Waals surface area contributed by atoms with Crippen LogP contribution < -0.4 is 5.32 Å². The van der Waals surface area contributed by atoms with Crippen LogP contribution in [0.15, 0.2) is 89.5 Å². The number of hydrogen-bond acceptors (Lipinski definition) is 3. The molecular weight excluding hydrogens is 322 g/mol. The van der Waals surface area contributed by atoms with E-state index >= 15 is 0 Å². The minimum atomic E-state index is 0.761. The van der Waals surface area contributed by atoms with Gasteiger partial charge in [0.2, 0.25) is 0 Å². The molecule has 0 radical (unpaired) electrons. The number of nitrogens with one attached hydrogen (secondary N) is 1. The minimum Gasteiger partial charge on any atom is -0.355 e. The Balaban J connectivity index is 1.78.